The van der Waals surface area contributed by atoms with Crippen molar-refractivity contribution in [1.82, 2.24) is 29.9 Å². The molecule has 0 aliphatic heterocycles. The van der Waals surface area contributed by atoms with E-state index in [1.807, 2.05) is 60.7 Å². The van der Waals surface area contributed by atoms with E-state index < -0.39 is 5.41 Å². The molecule has 1 aliphatic rings. The lowest BCUT2D eigenvalue weighted by molar-refractivity contribution is 0.639. The van der Waals surface area contributed by atoms with Crippen LogP contribution in [0.1, 0.15) is 22.8 Å². The predicted molar refractivity (Wildman–Crippen MR) is 294 cm³/mol. The minimum Gasteiger partial charge on any atom is -0.211 e. The Kier molecular flexibility index (Phi) is 11.0. The number of hydrogen-bond acceptors (Lipinski definition) is 6. The first-order valence-corrected chi connectivity index (χ1v) is 24.5. The first-order chi connectivity index (χ1) is 36.2. The van der Waals surface area contributed by atoms with Crippen molar-refractivity contribution in [3.05, 3.63) is 290 Å². The van der Waals surface area contributed by atoms with Crippen molar-refractivity contribution in [2.75, 3.05) is 0 Å². The lowest BCUT2D eigenvalue weighted by Crippen LogP contribution is -2.34. The molecular weight excluding hydrogens is 889 g/mol. The van der Waals surface area contributed by atoms with Gasteiger partial charge in [-0.25, -0.2) is 29.9 Å². The first kappa shape index (κ1) is 43.3. The van der Waals surface area contributed by atoms with E-state index in [1.165, 1.54) is 0 Å². The maximum atomic E-state index is 5.78. The molecule has 342 valence electrons. The molecule has 0 unspecified atom stereocenters. The van der Waals surface area contributed by atoms with Crippen LogP contribution >= 0.6 is 0 Å². The highest BCUT2D eigenvalue weighted by Gasteiger charge is 2.52. The molecule has 0 N–H and O–H groups in total. The molecule has 6 heteroatoms. The average Bonchev–Trinajstić information content (AvgIpc) is 3.80. The zero-order valence-electron chi connectivity index (χ0n) is 39.6. The predicted octanol–water partition coefficient (Wildman–Crippen LogP) is 15.8. The molecule has 0 saturated carbocycles. The van der Waals surface area contributed by atoms with Crippen LogP contribution in [0, 0.1) is 0 Å². The minimum absolute atomic E-state index is 0.496. The monoisotopic (exact) mass is 932 g/mol. The summed E-state index contributed by atoms with van der Waals surface area (Å²) in [6.07, 6.45) is 0. The van der Waals surface area contributed by atoms with Crippen molar-refractivity contribution in [3.63, 3.8) is 0 Å². The van der Waals surface area contributed by atoms with Crippen LogP contribution in [-0.2, 0) is 5.41 Å². The standard InChI is InChI=1S/C67H44N6/c1-7-23-45(24-8-1)51-39-41-53(47-27-11-3-12-28-47)57(43-51)63-68-61(49-31-15-5-16-32-49)70-65(72-63)67(59-37-21-19-35-55(59)56-36-20-22-38-60(56)67)66-71-62(50-33-17-6-18-34-50)69-64(73-66)58-44-52(46-25-9-2-10-26-46)40-42-54(58)48-29-13-4-14-30-48/h1-44H. The highest BCUT2D eigenvalue weighted by molar-refractivity contribution is 5.89. The van der Waals surface area contributed by atoms with Crippen molar-refractivity contribution in [2.45, 2.75) is 5.41 Å². The van der Waals surface area contributed by atoms with Gasteiger partial charge < -0.3 is 0 Å². The molecule has 0 amide bonds. The van der Waals surface area contributed by atoms with Gasteiger partial charge in [0.2, 0.25) is 0 Å². The van der Waals surface area contributed by atoms with Crippen LogP contribution in [-0.4, -0.2) is 29.9 Å². The van der Waals surface area contributed by atoms with Gasteiger partial charge in [-0.3, -0.25) is 0 Å². The van der Waals surface area contributed by atoms with Crippen molar-refractivity contribution < 1.29 is 0 Å². The topological polar surface area (TPSA) is 77.3 Å². The van der Waals surface area contributed by atoms with E-state index in [-0.39, 0.29) is 0 Å². The summed E-state index contributed by atoms with van der Waals surface area (Å²) in [5.74, 6) is 3.11. The molecule has 0 radical (unpaired) electrons. The Balaban J connectivity index is 1.16. The third kappa shape index (κ3) is 7.79. The molecular formula is C67H44N6. The van der Waals surface area contributed by atoms with E-state index in [9.17, 15) is 0 Å². The van der Waals surface area contributed by atoms with E-state index in [1.54, 1.807) is 0 Å². The Morgan fingerprint density at radius 3 is 0.863 bits per heavy atom. The molecule has 6 nitrogen and oxygen atoms in total. The van der Waals surface area contributed by atoms with Gasteiger partial charge in [-0.1, -0.05) is 255 Å². The highest BCUT2D eigenvalue weighted by Crippen LogP contribution is 2.55. The second kappa shape index (κ2) is 18.5. The third-order valence-electron chi connectivity index (χ3n) is 13.9. The molecule has 73 heavy (non-hydrogen) atoms. The van der Waals surface area contributed by atoms with Crippen LogP contribution in [0.5, 0.6) is 0 Å². The number of benzene rings is 10. The van der Waals surface area contributed by atoms with Gasteiger partial charge in [-0.2, -0.15) is 0 Å². The Bertz CT molecular complexity index is 3680. The summed E-state index contributed by atoms with van der Waals surface area (Å²) in [6, 6.07) is 92.5. The first-order valence-electron chi connectivity index (χ1n) is 24.5. The summed E-state index contributed by atoms with van der Waals surface area (Å²) in [7, 11) is 0. The van der Waals surface area contributed by atoms with Gasteiger partial charge >= 0.3 is 0 Å². The molecule has 2 heterocycles. The van der Waals surface area contributed by atoms with Gasteiger partial charge in [0.1, 0.15) is 5.41 Å². The zero-order valence-corrected chi connectivity index (χ0v) is 39.6. The number of fused-ring (bicyclic) bond motifs is 3. The largest absolute Gasteiger partial charge is 0.211 e. The average molecular weight is 933 g/mol. The fraction of sp³-hybridized carbons (Fsp3) is 0.0149. The van der Waals surface area contributed by atoms with E-state index in [0.29, 0.717) is 34.9 Å². The molecule has 2 aromatic heterocycles. The third-order valence-corrected chi connectivity index (χ3v) is 13.9. The maximum Gasteiger partial charge on any atom is 0.164 e. The Morgan fingerprint density at radius 1 is 0.192 bits per heavy atom. The normalized spacial score (nSPS) is 12.2. The van der Waals surface area contributed by atoms with Crippen LogP contribution in [0.4, 0.5) is 0 Å². The second-order valence-corrected chi connectivity index (χ2v) is 18.2. The van der Waals surface area contributed by atoms with Gasteiger partial charge in [0, 0.05) is 22.3 Å². The molecule has 1 aliphatic carbocycles. The lowest BCUT2D eigenvalue weighted by atomic mass is 9.76. The minimum atomic E-state index is -1.27. The van der Waals surface area contributed by atoms with E-state index in [0.717, 1.165) is 89.0 Å². The van der Waals surface area contributed by atoms with Gasteiger partial charge in [-0.05, 0) is 78.9 Å². The van der Waals surface area contributed by atoms with Crippen molar-refractivity contribution in [3.8, 4) is 101 Å². The number of nitrogens with zero attached hydrogens (tertiary/aromatic N) is 6. The molecule has 0 bridgehead atoms. The Morgan fingerprint density at radius 2 is 0.493 bits per heavy atom. The molecule has 0 fully saturated rings. The molecule has 0 spiro atoms. The number of aromatic nitrogens is 6. The smallest absolute Gasteiger partial charge is 0.164 e. The Labute approximate surface area is 424 Å². The molecule has 13 rings (SSSR count). The second-order valence-electron chi connectivity index (χ2n) is 18.2. The van der Waals surface area contributed by atoms with Crippen LogP contribution in [0.3, 0.4) is 0 Å². The number of hydrogen-bond donors (Lipinski definition) is 0. The van der Waals surface area contributed by atoms with Gasteiger partial charge in [0.05, 0.1) is 0 Å². The fourth-order valence-corrected chi connectivity index (χ4v) is 10.4. The van der Waals surface area contributed by atoms with Crippen molar-refractivity contribution in [2.24, 2.45) is 0 Å². The zero-order chi connectivity index (χ0) is 48.6. The van der Waals surface area contributed by atoms with E-state index in [4.69, 9.17) is 29.9 Å². The summed E-state index contributed by atoms with van der Waals surface area (Å²) in [5.41, 5.74) is 14.6. The highest BCUT2D eigenvalue weighted by atomic mass is 15.1. The van der Waals surface area contributed by atoms with Crippen LogP contribution in [0.25, 0.3) is 101 Å². The SMILES string of the molecule is c1ccc(-c2ccc(-c3ccccc3)c(-c3nc(-c4ccccc4)nc(C4(c5nc(-c6ccccc6)nc(-c6cc(-c7ccccc7)ccc6-c6ccccc6)n5)c5ccccc5-c5ccccc54)n3)c2)cc1. The fourth-order valence-electron chi connectivity index (χ4n) is 10.4. The van der Waals surface area contributed by atoms with Gasteiger partial charge in [0.15, 0.2) is 34.9 Å². The summed E-state index contributed by atoms with van der Waals surface area (Å²) in [5, 5.41) is 0. The van der Waals surface area contributed by atoms with Crippen molar-refractivity contribution >= 4 is 0 Å². The summed E-state index contributed by atoms with van der Waals surface area (Å²) in [4.78, 5) is 33.7. The summed E-state index contributed by atoms with van der Waals surface area (Å²) >= 11 is 0. The van der Waals surface area contributed by atoms with Crippen LogP contribution in [0.2, 0.25) is 0 Å². The van der Waals surface area contributed by atoms with Gasteiger partial charge in [0.25, 0.3) is 0 Å². The molecule has 0 atom stereocenters. The summed E-state index contributed by atoms with van der Waals surface area (Å²) < 4.78 is 0. The molecule has 0 saturated heterocycles. The van der Waals surface area contributed by atoms with E-state index >= 15 is 0 Å². The maximum absolute atomic E-state index is 5.78. The number of rotatable bonds is 10. The van der Waals surface area contributed by atoms with E-state index in [2.05, 4.69) is 206 Å². The lowest BCUT2D eigenvalue weighted by Gasteiger charge is -2.30. The van der Waals surface area contributed by atoms with Gasteiger partial charge in [-0.15, -0.1) is 0 Å². The summed E-state index contributed by atoms with van der Waals surface area (Å²) in [6.45, 7) is 0. The van der Waals surface area contributed by atoms with Crippen LogP contribution in [0.15, 0.2) is 267 Å². The van der Waals surface area contributed by atoms with Crippen LogP contribution < -0.4 is 0 Å². The quantitative estimate of drug-likeness (QED) is 0.136. The Hall–Kier alpha value is -9.78. The molecule has 10 aromatic carbocycles. The van der Waals surface area contributed by atoms with Crippen molar-refractivity contribution in [1.29, 1.82) is 0 Å². The molecule has 12 aromatic rings.